The third-order valence-corrected chi connectivity index (χ3v) is 4.81. The molecule has 152 valence electrons. The quantitative estimate of drug-likeness (QED) is 0.673. The number of benzene rings is 2. The number of nitrogens with zero attached hydrogens (tertiary/aromatic N) is 1. The second kappa shape index (κ2) is 9.87. The van der Waals surface area contributed by atoms with E-state index in [0.717, 1.165) is 5.56 Å². The molecule has 1 N–H and O–H groups in total. The number of anilines is 1. The zero-order chi connectivity index (χ0) is 20.8. The molecule has 6 nitrogen and oxygen atoms in total. The van der Waals surface area contributed by atoms with Crippen molar-refractivity contribution in [1.29, 1.82) is 0 Å². The van der Waals surface area contributed by atoms with Crippen LogP contribution in [-0.4, -0.2) is 45.2 Å². The van der Waals surface area contributed by atoms with Crippen LogP contribution in [0.15, 0.2) is 30.3 Å². The SMILES string of the molecule is COc1ccc(CN(C)[C@@H](C)C(=O)Nc2cc(Cl)cc(Cl)c2)c(OC)c1OC. The first kappa shape index (κ1) is 22.1. The van der Waals surface area contributed by atoms with Crippen molar-refractivity contribution in [2.45, 2.75) is 19.5 Å². The standard InChI is InChI=1S/C20H24Cl2N2O4/c1-12(20(25)23-16-9-14(21)8-15(22)10-16)24(2)11-13-6-7-17(26-3)19(28-5)18(13)27-4/h6-10,12H,11H2,1-5H3,(H,23,25)/t12-/m0/s1. The van der Waals surface area contributed by atoms with Gasteiger partial charge in [0.2, 0.25) is 11.7 Å². The minimum absolute atomic E-state index is 0.180. The molecule has 1 atom stereocenters. The van der Waals surface area contributed by atoms with E-state index in [1.54, 1.807) is 39.5 Å². The van der Waals surface area contributed by atoms with E-state index in [9.17, 15) is 4.79 Å². The van der Waals surface area contributed by atoms with E-state index in [1.807, 2.05) is 31.0 Å². The molecule has 0 saturated heterocycles. The minimum atomic E-state index is -0.421. The summed E-state index contributed by atoms with van der Waals surface area (Å²) in [7, 11) is 6.54. The van der Waals surface area contributed by atoms with Gasteiger partial charge in [0, 0.05) is 27.8 Å². The smallest absolute Gasteiger partial charge is 0.241 e. The number of methoxy groups -OCH3 is 3. The Morgan fingerprint density at radius 2 is 1.64 bits per heavy atom. The van der Waals surface area contributed by atoms with Crippen LogP contribution in [0, 0.1) is 0 Å². The van der Waals surface area contributed by atoms with Crippen LogP contribution in [0.25, 0.3) is 0 Å². The van der Waals surface area contributed by atoms with Gasteiger partial charge in [-0.25, -0.2) is 0 Å². The molecule has 0 aliphatic carbocycles. The van der Waals surface area contributed by atoms with Crippen LogP contribution in [0.4, 0.5) is 5.69 Å². The van der Waals surface area contributed by atoms with E-state index < -0.39 is 6.04 Å². The molecule has 2 aromatic rings. The van der Waals surface area contributed by atoms with Crippen molar-refractivity contribution in [1.82, 2.24) is 4.90 Å². The van der Waals surface area contributed by atoms with Gasteiger partial charge in [0.1, 0.15) is 0 Å². The summed E-state index contributed by atoms with van der Waals surface area (Å²) in [5, 5.41) is 3.75. The zero-order valence-electron chi connectivity index (χ0n) is 16.5. The van der Waals surface area contributed by atoms with Crippen LogP contribution in [-0.2, 0) is 11.3 Å². The lowest BCUT2D eigenvalue weighted by Crippen LogP contribution is -2.39. The molecule has 2 aromatic carbocycles. The van der Waals surface area contributed by atoms with Gasteiger partial charge in [0.15, 0.2) is 11.5 Å². The molecule has 0 aliphatic rings. The van der Waals surface area contributed by atoms with Crippen LogP contribution in [0.1, 0.15) is 12.5 Å². The molecule has 0 spiro atoms. The zero-order valence-corrected chi connectivity index (χ0v) is 18.0. The summed E-state index contributed by atoms with van der Waals surface area (Å²) in [4.78, 5) is 14.5. The van der Waals surface area contributed by atoms with E-state index >= 15 is 0 Å². The third kappa shape index (κ3) is 5.22. The maximum atomic E-state index is 12.6. The highest BCUT2D eigenvalue weighted by atomic mass is 35.5. The Morgan fingerprint density at radius 3 is 2.18 bits per heavy atom. The highest BCUT2D eigenvalue weighted by Gasteiger charge is 2.22. The molecular weight excluding hydrogens is 403 g/mol. The lowest BCUT2D eigenvalue weighted by molar-refractivity contribution is -0.120. The van der Waals surface area contributed by atoms with Crippen LogP contribution in [0.5, 0.6) is 17.2 Å². The van der Waals surface area contributed by atoms with E-state index in [2.05, 4.69) is 5.32 Å². The van der Waals surface area contributed by atoms with Gasteiger partial charge in [-0.1, -0.05) is 29.3 Å². The van der Waals surface area contributed by atoms with Gasteiger partial charge in [-0.3, -0.25) is 9.69 Å². The van der Waals surface area contributed by atoms with Gasteiger partial charge >= 0.3 is 0 Å². The molecule has 1 amide bonds. The summed E-state index contributed by atoms with van der Waals surface area (Å²) in [5.41, 5.74) is 1.42. The van der Waals surface area contributed by atoms with E-state index in [1.165, 1.54) is 0 Å². The summed E-state index contributed by atoms with van der Waals surface area (Å²) in [6.07, 6.45) is 0. The number of likely N-dealkylation sites (N-methyl/N-ethyl adjacent to an activating group) is 1. The third-order valence-electron chi connectivity index (χ3n) is 4.38. The predicted octanol–water partition coefficient (Wildman–Crippen LogP) is 4.48. The van der Waals surface area contributed by atoms with Gasteiger partial charge in [-0.2, -0.15) is 0 Å². The van der Waals surface area contributed by atoms with Gasteiger partial charge < -0.3 is 19.5 Å². The minimum Gasteiger partial charge on any atom is -0.493 e. The molecule has 0 radical (unpaired) electrons. The maximum absolute atomic E-state index is 12.6. The van der Waals surface area contributed by atoms with Crippen LogP contribution in [0.2, 0.25) is 10.0 Å². The van der Waals surface area contributed by atoms with Crippen molar-refractivity contribution in [2.24, 2.45) is 0 Å². The van der Waals surface area contributed by atoms with E-state index in [0.29, 0.717) is 39.5 Å². The second-order valence-corrected chi connectivity index (χ2v) is 7.10. The molecule has 0 heterocycles. The van der Waals surface area contributed by atoms with Gasteiger partial charge in [-0.15, -0.1) is 0 Å². The number of carbonyl (C=O) groups excluding carboxylic acids is 1. The maximum Gasteiger partial charge on any atom is 0.241 e. The number of carbonyl (C=O) groups is 1. The normalized spacial score (nSPS) is 11.9. The molecular formula is C20H24Cl2N2O4. The fourth-order valence-electron chi connectivity index (χ4n) is 2.77. The number of halogens is 2. The molecule has 0 fully saturated rings. The van der Waals surface area contributed by atoms with Gasteiger partial charge in [0.25, 0.3) is 0 Å². The summed E-state index contributed by atoms with van der Waals surface area (Å²) >= 11 is 12.0. The number of hydrogen-bond donors (Lipinski definition) is 1. The average molecular weight is 427 g/mol. The molecule has 0 aliphatic heterocycles. The van der Waals surface area contributed by atoms with Crippen LogP contribution in [0.3, 0.4) is 0 Å². The Hall–Kier alpha value is -2.15. The van der Waals surface area contributed by atoms with E-state index in [4.69, 9.17) is 37.4 Å². The lowest BCUT2D eigenvalue weighted by atomic mass is 10.1. The van der Waals surface area contributed by atoms with Gasteiger partial charge in [-0.05, 0) is 38.2 Å². The molecule has 28 heavy (non-hydrogen) atoms. The number of ether oxygens (including phenoxy) is 3. The molecule has 0 bridgehead atoms. The molecule has 2 rings (SSSR count). The van der Waals surface area contributed by atoms with Crippen molar-refractivity contribution in [3.8, 4) is 17.2 Å². The molecule has 0 unspecified atom stereocenters. The topological polar surface area (TPSA) is 60.0 Å². The Morgan fingerprint density at radius 1 is 1.04 bits per heavy atom. The summed E-state index contributed by atoms with van der Waals surface area (Å²) in [6, 6.07) is 8.18. The first-order valence-corrected chi connectivity index (χ1v) is 9.31. The number of amides is 1. The highest BCUT2D eigenvalue weighted by Crippen LogP contribution is 2.40. The number of nitrogens with one attached hydrogen (secondary N) is 1. The first-order valence-electron chi connectivity index (χ1n) is 8.55. The Bertz CT molecular complexity index is 825. The van der Waals surface area contributed by atoms with Crippen molar-refractivity contribution in [3.05, 3.63) is 45.9 Å². The summed E-state index contributed by atoms with van der Waals surface area (Å²) in [6.45, 7) is 2.28. The van der Waals surface area contributed by atoms with Crippen molar-refractivity contribution >= 4 is 34.8 Å². The highest BCUT2D eigenvalue weighted by molar-refractivity contribution is 6.35. The predicted molar refractivity (Wildman–Crippen MR) is 112 cm³/mol. The summed E-state index contributed by atoms with van der Waals surface area (Å²) < 4.78 is 16.2. The number of rotatable bonds is 8. The monoisotopic (exact) mass is 426 g/mol. The van der Waals surface area contributed by atoms with Crippen molar-refractivity contribution < 1.29 is 19.0 Å². The molecule has 8 heteroatoms. The molecule has 0 aromatic heterocycles. The van der Waals surface area contributed by atoms with Crippen molar-refractivity contribution in [3.63, 3.8) is 0 Å². The van der Waals surface area contributed by atoms with Crippen molar-refractivity contribution in [2.75, 3.05) is 33.7 Å². The fraction of sp³-hybridized carbons (Fsp3) is 0.350. The average Bonchev–Trinajstić information content (AvgIpc) is 2.65. The van der Waals surface area contributed by atoms with Crippen LogP contribution >= 0.6 is 23.2 Å². The lowest BCUT2D eigenvalue weighted by Gasteiger charge is -2.25. The molecule has 0 saturated carbocycles. The fourth-order valence-corrected chi connectivity index (χ4v) is 3.29. The summed E-state index contributed by atoms with van der Waals surface area (Å²) in [5.74, 6) is 1.49. The van der Waals surface area contributed by atoms with Gasteiger partial charge in [0.05, 0.1) is 27.4 Å². The Kier molecular flexibility index (Phi) is 7.80. The largest absolute Gasteiger partial charge is 0.493 e. The Labute approximate surface area is 175 Å². The van der Waals surface area contributed by atoms with E-state index in [-0.39, 0.29) is 5.91 Å². The Balaban J connectivity index is 2.15. The first-order chi connectivity index (χ1) is 13.3. The second-order valence-electron chi connectivity index (χ2n) is 6.23. The van der Waals surface area contributed by atoms with Crippen LogP contribution < -0.4 is 19.5 Å². The number of hydrogen-bond acceptors (Lipinski definition) is 5.